The Morgan fingerprint density at radius 3 is 2.65 bits per heavy atom. The highest BCUT2D eigenvalue weighted by Gasteiger charge is 2.25. The van der Waals surface area contributed by atoms with Gasteiger partial charge in [-0.15, -0.1) is 0 Å². The molecule has 1 heteroatoms. The smallest absolute Gasteiger partial charge is 0.0884 e. The monoisotopic (exact) mass is 354 g/mol. The second-order valence-corrected chi connectivity index (χ2v) is 7.88. The van der Waals surface area contributed by atoms with Crippen molar-refractivity contribution in [1.29, 1.82) is 0 Å². The van der Waals surface area contributed by atoms with E-state index in [1.54, 1.807) is 7.11 Å². The summed E-state index contributed by atoms with van der Waals surface area (Å²) < 4.78 is 5.11. The van der Waals surface area contributed by atoms with Crippen molar-refractivity contribution in [1.82, 2.24) is 0 Å². The summed E-state index contributed by atoms with van der Waals surface area (Å²) >= 11 is 0. The zero-order valence-corrected chi connectivity index (χ0v) is 16.8. The van der Waals surface area contributed by atoms with Gasteiger partial charge in [0, 0.05) is 6.42 Å². The highest BCUT2D eigenvalue weighted by atomic mass is 16.5. The van der Waals surface area contributed by atoms with Gasteiger partial charge in [-0.05, 0) is 55.9 Å². The van der Waals surface area contributed by atoms with Crippen LogP contribution in [0.15, 0.2) is 54.8 Å². The van der Waals surface area contributed by atoms with Crippen LogP contribution in [-0.2, 0) is 11.2 Å². The van der Waals surface area contributed by atoms with E-state index in [2.05, 4.69) is 49.1 Å². The highest BCUT2D eigenvalue weighted by molar-refractivity contribution is 5.14. The van der Waals surface area contributed by atoms with E-state index in [0.29, 0.717) is 0 Å². The molecule has 26 heavy (non-hydrogen) atoms. The van der Waals surface area contributed by atoms with Crippen LogP contribution in [0.3, 0.4) is 0 Å². The molecule has 0 radical (unpaired) electrons. The molecular weight excluding hydrogens is 316 g/mol. The van der Waals surface area contributed by atoms with E-state index in [1.807, 2.05) is 0 Å². The predicted octanol–water partition coefficient (Wildman–Crippen LogP) is 7.48. The lowest BCUT2D eigenvalue weighted by Gasteiger charge is -2.18. The third kappa shape index (κ3) is 8.25. The standard InChI is InChI=1S/C25H38O/c1-22(26-2)14-7-3-4-11-18-24-20-13-21-25(24)19-12-6-10-17-23-15-8-5-9-16-23/h4-5,8-9,11,15-16,24-25H,1,3,6-7,10,12-14,17-21H2,2H3/b11-4-/t24-,25?/m0/s1. The van der Waals surface area contributed by atoms with Gasteiger partial charge in [0.1, 0.15) is 0 Å². The molecule has 1 aromatic rings. The first kappa shape index (κ1) is 20.8. The molecule has 0 bridgehead atoms. The number of hydrogen-bond acceptors (Lipinski definition) is 1. The minimum absolute atomic E-state index is 0.904. The molecule has 0 aromatic heterocycles. The molecule has 0 heterocycles. The first-order valence-electron chi connectivity index (χ1n) is 10.7. The quantitative estimate of drug-likeness (QED) is 0.203. The second kappa shape index (κ2) is 12.8. The Morgan fingerprint density at radius 1 is 1.04 bits per heavy atom. The van der Waals surface area contributed by atoms with Crippen molar-refractivity contribution in [2.24, 2.45) is 11.8 Å². The summed E-state index contributed by atoms with van der Waals surface area (Å²) in [5.74, 6) is 2.82. The van der Waals surface area contributed by atoms with E-state index >= 15 is 0 Å². The Labute approximate surface area is 161 Å². The van der Waals surface area contributed by atoms with Gasteiger partial charge in [0.15, 0.2) is 0 Å². The lowest BCUT2D eigenvalue weighted by Crippen LogP contribution is -2.07. The van der Waals surface area contributed by atoms with Crippen molar-refractivity contribution in [3.63, 3.8) is 0 Å². The minimum Gasteiger partial charge on any atom is -0.502 e. The Morgan fingerprint density at radius 2 is 1.85 bits per heavy atom. The molecule has 2 rings (SSSR count). The van der Waals surface area contributed by atoms with E-state index in [-0.39, 0.29) is 0 Å². The van der Waals surface area contributed by atoms with E-state index in [0.717, 1.165) is 36.9 Å². The zero-order valence-electron chi connectivity index (χ0n) is 16.8. The Balaban J connectivity index is 1.54. The summed E-state index contributed by atoms with van der Waals surface area (Å²) in [5.41, 5.74) is 1.49. The second-order valence-electron chi connectivity index (χ2n) is 7.88. The van der Waals surface area contributed by atoms with Crippen molar-refractivity contribution in [2.45, 2.75) is 77.0 Å². The number of aryl methyl sites for hydroxylation is 1. The summed E-state index contributed by atoms with van der Waals surface area (Å²) in [6.45, 7) is 3.88. The molecule has 0 N–H and O–H groups in total. The number of rotatable bonds is 13. The third-order valence-corrected chi connectivity index (χ3v) is 5.92. The summed E-state index contributed by atoms with van der Waals surface area (Å²) in [6.07, 6.45) is 20.6. The molecule has 0 saturated heterocycles. The van der Waals surface area contributed by atoms with Gasteiger partial charge in [0.05, 0.1) is 12.9 Å². The summed E-state index contributed by atoms with van der Waals surface area (Å²) in [6, 6.07) is 10.9. The van der Waals surface area contributed by atoms with Gasteiger partial charge < -0.3 is 4.74 Å². The van der Waals surface area contributed by atoms with E-state index in [1.165, 1.54) is 63.4 Å². The first-order valence-corrected chi connectivity index (χ1v) is 10.7. The zero-order chi connectivity index (χ0) is 18.5. The number of unbranched alkanes of at least 4 members (excludes halogenated alkanes) is 3. The lowest BCUT2D eigenvalue weighted by molar-refractivity contribution is 0.277. The van der Waals surface area contributed by atoms with E-state index < -0.39 is 0 Å². The van der Waals surface area contributed by atoms with E-state index in [9.17, 15) is 0 Å². The molecule has 1 saturated carbocycles. The average molecular weight is 355 g/mol. The van der Waals surface area contributed by atoms with Gasteiger partial charge in [-0.25, -0.2) is 0 Å². The van der Waals surface area contributed by atoms with Gasteiger partial charge in [-0.2, -0.15) is 0 Å². The van der Waals surface area contributed by atoms with Gasteiger partial charge in [-0.3, -0.25) is 0 Å². The number of hydrogen-bond donors (Lipinski definition) is 0. The number of benzene rings is 1. The molecular formula is C25H38O. The number of methoxy groups -OCH3 is 1. The fourth-order valence-corrected chi connectivity index (χ4v) is 4.27. The summed E-state index contributed by atoms with van der Waals surface area (Å²) in [5, 5.41) is 0. The maximum atomic E-state index is 5.11. The van der Waals surface area contributed by atoms with Crippen molar-refractivity contribution in [3.8, 4) is 0 Å². The molecule has 1 unspecified atom stereocenters. The van der Waals surface area contributed by atoms with Gasteiger partial charge in [-0.1, -0.05) is 81.2 Å². The molecule has 1 aromatic carbocycles. The van der Waals surface area contributed by atoms with Crippen LogP contribution in [0.4, 0.5) is 0 Å². The van der Waals surface area contributed by atoms with Crippen molar-refractivity contribution in [2.75, 3.05) is 7.11 Å². The minimum atomic E-state index is 0.904. The lowest BCUT2D eigenvalue weighted by atomic mass is 9.88. The largest absolute Gasteiger partial charge is 0.502 e. The molecule has 1 aliphatic rings. The first-order chi connectivity index (χ1) is 12.8. The third-order valence-electron chi connectivity index (χ3n) is 5.92. The molecule has 1 nitrogen and oxygen atoms in total. The fourth-order valence-electron chi connectivity index (χ4n) is 4.27. The van der Waals surface area contributed by atoms with Crippen LogP contribution in [0.5, 0.6) is 0 Å². The van der Waals surface area contributed by atoms with Crippen LogP contribution >= 0.6 is 0 Å². The van der Waals surface area contributed by atoms with Crippen LogP contribution in [0.25, 0.3) is 0 Å². The maximum absolute atomic E-state index is 5.11. The van der Waals surface area contributed by atoms with Crippen molar-refractivity contribution >= 4 is 0 Å². The van der Waals surface area contributed by atoms with Crippen LogP contribution in [0.1, 0.15) is 76.2 Å². The average Bonchev–Trinajstić information content (AvgIpc) is 3.12. The summed E-state index contributed by atoms with van der Waals surface area (Å²) in [4.78, 5) is 0. The maximum Gasteiger partial charge on any atom is 0.0884 e. The normalized spacial score (nSPS) is 19.9. The van der Waals surface area contributed by atoms with Crippen LogP contribution in [0.2, 0.25) is 0 Å². The Hall–Kier alpha value is -1.50. The molecule has 144 valence electrons. The predicted molar refractivity (Wildman–Crippen MR) is 113 cm³/mol. The molecule has 0 amide bonds. The highest BCUT2D eigenvalue weighted by Crippen LogP contribution is 2.37. The van der Waals surface area contributed by atoms with Crippen LogP contribution in [0, 0.1) is 11.8 Å². The van der Waals surface area contributed by atoms with Crippen LogP contribution in [-0.4, -0.2) is 7.11 Å². The Kier molecular flexibility index (Phi) is 10.2. The molecule has 0 spiro atoms. The van der Waals surface area contributed by atoms with Crippen LogP contribution < -0.4 is 0 Å². The molecule has 0 aliphatic heterocycles. The fraction of sp³-hybridized carbons (Fsp3) is 0.600. The molecule has 2 atom stereocenters. The van der Waals surface area contributed by atoms with Gasteiger partial charge in [0.25, 0.3) is 0 Å². The van der Waals surface area contributed by atoms with Crippen molar-refractivity contribution < 1.29 is 4.74 Å². The molecule has 1 aliphatic carbocycles. The van der Waals surface area contributed by atoms with E-state index in [4.69, 9.17) is 4.74 Å². The Bertz CT molecular complexity index is 516. The summed E-state index contributed by atoms with van der Waals surface area (Å²) in [7, 11) is 1.71. The number of allylic oxidation sites excluding steroid dienone is 3. The number of ether oxygens (including phenoxy) is 1. The van der Waals surface area contributed by atoms with Gasteiger partial charge >= 0.3 is 0 Å². The topological polar surface area (TPSA) is 9.23 Å². The van der Waals surface area contributed by atoms with Gasteiger partial charge in [0.2, 0.25) is 0 Å². The van der Waals surface area contributed by atoms with Crippen molar-refractivity contribution in [3.05, 3.63) is 60.4 Å². The molecule has 1 fully saturated rings. The SMILES string of the molecule is C=C(CCC/C=C\C[C@H]1CCCC1CCCCCc1ccccc1)OC.